The average molecular weight is 285 g/mol. The van der Waals surface area contributed by atoms with Crippen LogP contribution in [0.25, 0.3) is 0 Å². The zero-order chi connectivity index (χ0) is 14.6. The van der Waals surface area contributed by atoms with E-state index in [1.807, 2.05) is 0 Å². The summed E-state index contributed by atoms with van der Waals surface area (Å²) in [6.45, 7) is 4.63. The summed E-state index contributed by atoms with van der Waals surface area (Å²) < 4.78 is 0. The van der Waals surface area contributed by atoms with Gasteiger partial charge in [0.15, 0.2) is 0 Å². The molecule has 19 heavy (non-hydrogen) atoms. The van der Waals surface area contributed by atoms with E-state index in [0.717, 1.165) is 11.3 Å². The Morgan fingerprint density at radius 1 is 1.42 bits per heavy atom. The number of carboxylic acid groups (broad SMARTS) is 1. The Hall–Kier alpha value is -1.96. The van der Waals surface area contributed by atoms with Crippen LogP contribution in [0.4, 0.5) is 0 Å². The van der Waals surface area contributed by atoms with Gasteiger partial charge < -0.3 is 15.7 Å². The van der Waals surface area contributed by atoms with Crippen molar-refractivity contribution in [3.05, 3.63) is 15.6 Å². The minimum Gasteiger partial charge on any atom is -0.477 e. The summed E-state index contributed by atoms with van der Waals surface area (Å²) >= 11 is 1.02. The zero-order valence-electron chi connectivity index (χ0n) is 10.8. The van der Waals surface area contributed by atoms with Gasteiger partial charge >= 0.3 is 5.97 Å². The number of thiazole rings is 1. The molecule has 7 nitrogen and oxygen atoms in total. The average Bonchev–Trinajstić information content (AvgIpc) is 2.66. The Morgan fingerprint density at radius 2 is 2.05 bits per heavy atom. The molecular weight excluding hydrogens is 270 g/mol. The summed E-state index contributed by atoms with van der Waals surface area (Å²) in [4.78, 5) is 37.5. The quantitative estimate of drug-likeness (QED) is 0.720. The normalized spacial score (nSPS) is 11.7. The Kier molecular flexibility index (Phi) is 4.99. The summed E-state index contributed by atoms with van der Waals surface area (Å²) in [5.41, 5.74) is 0.427. The summed E-state index contributed by atoms with van der Waals surface area (Å²) in [6.07, 6.45) is 0. The fourth-order valence-corrected chi connectivity index (χ4v) is 2.26. The lowest BCUT2D eigenvalue weighted by molar-refractivity contribution is -0.127. The Morgan fingerprint density at radius 3 is 2.53 bits per heavy atom. The number of aryl methyl sites for hydroxylation is 1. The lowest BCUT2D eigenvalue weighted by atomic mass is 10.3. The third kappa shape index (κ3) is 4.32. The predicted octanol–water partition coefficient (Wildman–Crippen LogP) is 0.291. The third-order valence-corrected chi connectivity index (χ3v) is 3.41. The van der Waals surface area contributed by atoms with Gasteiger partial charge in [-0.05, 0) is 13.8 Å². The van der Waals surface area contributed by atoms with Crippen LogP contribution in [0.1, 0.15) is 34.2 Å². The number of aromatic carboxylic acids is 1. The van der Waals surface area contributed by atoms with Gasteiger partial charge in [0.05, 0.1) is 12.2 Å². The molecule has 8 heteroatoms. The highest BCUT2D eigenvalue weighted by molar-refractivity contribution is 7.13. The molecule has 2 amide bonds. The van der Waals surface area contributed by atoms with Crippen molar-refractivity contribution in [2.24, 2.45) is 0 Å². The maximum absolute atomic E-state index is 11.6. The molecule has 0 saturated heterocycles. The van der Waals surface area contributed by atoms with Gasteiger partial charge in [0.25, 0.3) is 0 Å². The standard InChI is InChI=1S/C11H15N3O4S/c1-5-9(11(17)18)19-8(14-5)4-12-10(16)6(2)13-7(3)15/h6H,4H2,1-3H3,(H,12,16)(H,13,15)(H,17,18). The molecule has 1 aromatic heterocycles. The lowest BCUT2D eigenvalue weighted by Gasteiger charge is -2.11. The summed E-state index contributed by atoms with van der Waals surface area (Å²) in [5, 5.41) is 14.4. The maximum Gasteiger partial charge on any atom is 0.347 e. The molecule has 0 fully saturated rings. The minimum absolute atomic E-state index is 0.140. The topological polar surface area (TPSA) is 108 Å². The van der Waals surface area contributed by atoms with E-state index >= 15 is 0 Å². The highest BCUT2D eigenvalue weighted by atomic mass is 32.1. The van der Waals surface area contributed by atoms with Crippen molar-refractivity contribution in [1.82, 2.24) is 15.6 Å². The van der Waals surface area contributed by atoms with E-state index in [0.29, 0.717) is 10.7 Å². The van der Waals surface area contributed by atoms with Crippen molar-refractivity contribution in [3.8, 4) is 0 Å². The molecule has 1 unspecified atom stereocenters. The highest BCUT2D eigenvalue weighted by Crippen LogP contribution is 2.17. The molecule has 0 aliphatic carbocycles. The van der Waals surface area contributed by atoms with Crippen molar-refractivity contribution in [2.75, 3.05) is 0 Å². The number of rotatable bonds is 5. The van der Waals surface area contributed by atoms with Crippen LogP contribution in [0, 0.1) is 6.92 Å². The monoisotopic (exact) mass is 285 g/mol. The summed E-state index contributed by atoms with van der Waals surface area (Å²) in [7, 11) is 0. The van der Waals surface area contributed by atoms with Crippen LogP contribution >= 0.6 is 11.3 Å². The number of carbonyl (C=O) groups is 3. The molecule has 1 rings (SSSR count). The van der Waals surface area contributed by atoms with Gasteiger partial charge in [0.2, 0.25) is 11.8 Å². The van der Waals surface area contributed by atoms with Crippen LogP contribution in [0.2, 0.25) is 0 Å². The molecule has 0 bridgehead atoms. The van der Waals surface area contributed by atoms with E-state index < -0.39 is 12.0 Å². The van der Waals surface area contributed by atoms with E-state index in [9.17, 15) is 14.4 Å². The van der Waals surface area contributed by atoms with Crippen molar-refractivity contribution < 1.29 is 19.5 Å². The maximum atomic E-state index is 11.6. The van der Waals surface area contributed by atoms with E-state index in [4.69, 9.17) is 5.11 Å². The van der Waals surface area contributed by atoms with Crippen molar-refractivity contribution in [3.63, 3.8) is 0 Å². The highest BCUT2D eigenvalue weighted by Gasteiger charge is 2.16. The fraction of sp³-hybridized carbons (Fsp3) is 0.455. The first-order valence-electron chi connectivity index (χ1n) is 5.55. The first-order chi connectivity index (χ1) is 8.81. The van der Waals surface area contributed by atoms with E-state index in [-0.39, 0.29) is 23.2 Å². The number of amides is 2. The molecule has 0 saturated carbocycles. The predicted molar refractivity (Wildman–Crippen MR) is 68.9 cm³/mol. The van der Waals surface area contributed by atoms with Gasteiger partial charge in [-0.2, -0.15) is 0 Å². The summed E-state index contributed by atoms with van der Waals surface area (Å²) in [6, 6.07) is -0.641. The molecule has 104 valence electrons. The number of aromatic nitrogens is 1. The van der Waals surface area contributed by atoms with E-state index in [2.05, 4.69) is 15.6 Å². The van der Waals surface area contributed by atoms with Crippen molar-refractivity contribution in [1.29, 1.82) is 0 Å². The van der Waals surface area contributed by atoms with Gasteiger partial charge in [0, 0.05) is 6.92 Å². The van der Waals surface area contributed by atoms with Crippen LogP contribution in [0.5, 0.6) is 0 Å². The number of nitrogens with one attached hydrogen (secondary N) is 2. The Bertz CT molecular complexity index is 512. The second-order valence-electron chi connectivity index (χ2n) is 3.97. The largest absolute Gasteiger partial charge is 0.477 e. The number of carboxylic acids is 1. The number of carbonyl (C=O) groups excluding carboxylic acids is 2. The fourth-order valence-electron chi connectivity index (χ4n) is 1.41. The second kappa shape index (κ2) is 6.28. The van der Waals surface area contributed by atoms with Crippen LogP contribution in [-0.2, 0) is 16.1 Å². The van der Waals surface area contributed by atoms with Gasteiger partial charge in [-0.1, -0.05) is 0 Å². The van der Waals surface area contributed by atoms with Gasteiger partial charge in [-0.15, -0.1) is 11.3 Å². The lowest BCUT2D eigenvalue weighted by Crippen LogP contribution is -2.43. The molecule has 0 spiro atoms. The number of hydrogen-bond acceptors (Lipinski definition) is 5. The SMILES string of the molecule is CC(=O)NC(C)C(=O)NCc1nc(C)c(C(=O)O)s1. The Labute approximate surface area is 114 Å². The molecule has 0 aromatic carbocycles. The molecule has 0 radical (unpaired) electrons. The molecule has 1 heterocycles. The first-order valence-corrected chi connectivity index (χ1v) is 6.37. The molecule has 0 aliphatic heterocycles. The smallest absolute Gasteiger partial charge is 0.347 e. The zero-order valence-corrected chi connectivity index (χ0v) is 11.6. The van der Waals surface area contributed by atoms with E-state index in [1.54, 1.807) is 13.8 Å². The minimum atomic E-state index is -1.03. The molecular formula is C11H15N3O4S. The molecule has 1 atom stereocenters. The van der Waals surface area contributed by atoms with Crippen LogP contribution < -0.4 is 10.6 Å². The van der Waals surface area contributed by atoms with Gasteiger partial charge in [-0.25, -0.2) is 9.78 Å². The van der Waals surface area contributed by atoms with E-state index in [1.165, 1.54) is 6.92 Å². The molecule has 3 N–H and O–H groups in total. The molecule has 1 aromatic rings. The number of nitrogens with zero attached hydrogens (tertiary/aromatic N) is 1. The van der Waals surface area contributed by atoms with Crippen LogP contribution in [-0.4, -0.2) is 33.9 Å². The Balaban J connectivity index is 2.57. The van der Waals surface area contributed by atoms with Gasteiger partial charge in [-0.3, -0.25) is 9.59 Å². The van der Waals surface area contributed by atoms with Crippen molar-refractivity contribution >= 4 is 29.1 Å². The first kappa shape index (κ1) is 15.1. The van der Waals surface area contributed by atoms with Crippen molar-refractivity contribution in [2.45, 2.75) is 33.4 Å². The number of hydrogen-bond donors (Lipinski definition) is 3. The second-order valence-corrected chi connectivity index (χ2v) is 5.05. The third-order valence-electron chi connectivity index (χ3n) is 2.26. The molecule has 0 aliphatic rings. The van der Waals surface area contributed by atoms with Crippen LogP contribution in [0.15, 0.2) is 0 Å². The van der Waals surface area contributed by atoms with Gasteiger partial charge in [0.1, 0.15) is 15.9 Å². The summed E-state index contributed by atoms with van der Waals surface area (Å²) in [5.74, 6) is -1.67. The van der Waals surface area contributed by atoms with Crippen LogP contribution in [0.3, 0.4) is 0 Å².